The topological polar surface area (TPSA) is 98.3 Å². The molecule has 2 atom stereocenters. The zero-order valence-electron chi connectivity index (χ0n) is 20.8. The summed E-state index contributed by atoms with van der Waals surface area (Å²) in [7, 11) is 3.06. The van der Waals surface area contributed by atoms with Gasteiger partial charge in [0.15, 0.2) is 6.10 Å². The van der Waals surface area contributed by atoms with E-state index in [4.69, 9.17) is 37.4 Å². The van der Waals surface area contributed by atoms with E-state index in [2.05, 4.69) is 31.8 Å². The van der Waals surface area contributed by atoms with Crippen LogP contribution in [0.2, 0.25) is 10.0 Å². The van der Waals surface area contributed by atoms with E-state index in [1.54, 1.807) is 38.3 Å². The van der Waals surface area contributed by atoms with Crippen molar-refractivity contribution in [1.29, 1.82) is 0 Å². The summed E-state index contributed by atoms with van der Waals surface area (Å²) in [6.45, 7) is 1.56. The number of ether oxygens (including phenoxy) is 3. The van der Waals surface area contributed by atoms with Gasteiger partial charge in [-0.05, 0) is 52.7 Å². The molecule has 0 spiro atoms. The molecule has 0 aliphatic carbocycles. The maximum absolute atomic E-state index is 13.1. The molecule has 0 saturated heterocycles. The molecular weight excluding hydrogens is 597 g/mol. The Morgan fingerprint density at radius 2 is 1.68 bits per heavy atom. The molecule has 11 heteroatoms. The highest BCUT2D eigenvalue weighted by atomic mass is 79.9. The van der Waals surface area contributed by atoms with Crippen LogP contribution >= 0.6 is 39.1 Å². The molecule has 0 bridgehead atoms. The van der Waals surface area contributed by atoms with Crippen LogP contribution in [-0.2, 0) is 16.0 Å². The molecule has 38 heavy (non-hydrogen) atoms. The molecule has 0 unspecified atom stereocenters. The van der Waals surface area contributed by atoms with Gasteiger partial charge in [-0.3, -0.25) is 9.59 Å². The van der Waals surface area contributed by atoms with Crippen molar-refractivity contribution in [1.82, 2.24) is 10.7 Å². The fraction of sp³-hybridized carbons (Fsp3) is 0.222. The summed E-state index contributed by atoms with van der Waals surface area (Å²) in [6, 6.07) is 16.5. The van der Waals surface area contributed by atoms with Gasteiger partial charge in [-0.25, -0.2) is 5.43 Å². The van der Waals surface area contributed by atoms with Crippen molar-refractivity contribution in [2.75, 3.05) is 14.2 Å². The Balaban J connectivity index is 1.73. The molecule has 200 valence electrons. The normalized spacial score (nSPS) is 12.5. The molecular formula is C27H26BrCl2N3O5. The summed E-state index contributed by atoms with van der Waals surface area (Å²) in [5.74, 6) is 0.374. The lowest BCUT2D eigenvalue weighted by atomic mass is 10.1. The first kappa shape index (κ1) is 29.3. The van der Waals surface area contributed by atoms with E-state index in [-0.39, 0.29) is 11.4 Å². The van der Waals surface area contributed by atoms with Crippen LogP contribution in [0.25, 0.3) is 0 Å². The molecule has 0 aromatic heterocycles. The molecule has 0 heterocycles. The van der Waals surface area contributed by atoms with Gasteiger partial charge in [0.1, 0.15) is 23.3 Å². The molecule has 2 amide bonds. The van der Waals surface area contributed by atoms with Crippen molar-refractivity contribution < 1.29 is 23.8 Å². The summed E-state index contributed by atoms with van der Waals surface area (Å²) in [5.41, 5.74) is 3.95. The van der Waals surface area contributed by atoms with Crippen LogP contribution < -0.4 is 25.0 Å². The number of amides is 2. The second kappa shape index (κ2) is 14.0. The highest BCUT2D eigenvalue weighted by Crippen LogP contribution is 2.32. The van der Waals surface area contributed by atoms with Crippen LogP contribution in [0.4, 0.5) is 0 Å². The number of nitrogens with one attached hydrogen (secondary N) is 2. The standard InChI is InChI=1S/C27H26BrCl2N3O5/c1-16(38-23-10-9-19(29)13-21(23)30)26(34)32-22(11-17-7-5-4-6-8-17)27(35)33-31-15-18-12-20(28)25(37-3)14-24(18)36-2/h4-10,12-16,22H,11H2,1-3H3,(H,32,34)(H,33,35)/b31-15-/t16-,22-/m0/s1. The number of benzene rings is 3. The first-order chi connectivity index (χ1) is 18.2. The first-order valence-electron chi connectivity index (χ1n) is 11.4. The van der Waals surface area contributed by atoms with Crippen molar-refractivity contribution in [3.05, 3.63) is 86.3 Å². The van der Waals surface area contributed by atoms with Gasteiger partial charge in [0.05, 0.1) is 29.9 Å². The van der Waals surface area contributed by atoms with Crippen LogP contribution in [0.5, 0.6) is 17.2 Å². The summed E-state index contributed by atoms with van der Waals surface area (Å²) < 4.78 is 17.0. The average Bonchev–Trinajstić information content (AvgIpc) is 2.90. The van der Waals surface area contributed by atoms with E-state index in [1.807, 2.05) is 30.3 Å². The molecule has 0 saturated carbocycles. The number of hydrogen-bond acceptors (Lipinski definition) is 6. The number of methoxy groups -OCH3 is 2. The third-order valence-corrected chi connectivity index (χ3v) is 6.52. The van der Waals surface area contributed by atoms with Gasteiger partial charge in [0, 0.05) is 23.1 Å². The zero-order valence-corrected chi connectivity index (χ0v) is 23.9. The Morgan fingerprint density at radius 3 is 2.34 bits per heavy atom. The molecule has 0 fully saturated rings. The van der Waals surface area contributed by atoms with Crippen LogP contribution in [-0.4, -0.2) is 44.4 Å². The number of hydrogen-bond donors (Lipinski definition) is 2. The summed E-state index contributed by atoms with van der Waals surface area (Å²) >= 11 is 15.5. The van der Waals surface area contributed by atoms with Gasteiger partial charge >= 0.3 is 0 Å². The summed E-state index contributed by atoms with van der Waals surface area (Å²) in [6.07, 6.45) is 0.736. The smallest absolute Gasteiger partial charge is 0.262 e. The average molecular weight is 623 g/mol. The fourth-order valence-electron chi connectivity index (χ4n) is 3.39. The van der Waals surface area contributed by atoms with E-state index in [0.29, 0.717) is 32.3 Å². The minimum atomic E-state index is -0.941. The highest BCUT2D eigenvalue weighted by molar-refractivity contribution is 9.10. The van der Waals surface area contributed by atoms with E-state index in [9.17, 15) is 9.59 Å². The Morgan fingerprint density at radius 1 is 0.974 bits per heavy atom. The van der Waals surface area contributed by atoms with Crippen LogP contribution in [0, 0.1) is 0 Å². The molecule has 3 rings (SSSR count). The summed E-state index contributed by atoms with van der Waals surface area (Å²) in [5, 5.41) is 7.53. The van der Waals surface area contributed by atoms with Crippen molar-refractivity contribution in [2.24, 2.45) is 5.10 Å². The number of carbonyl (C=O) groups is 2. The lowest BCUT2D eigenvalue weighted by molar-refractivity contribution is -0.132. The van der Waals surface area contributed by atoms with Crippen molar-refractivity contribution in [3.63, 3.8) is 0 Å². The van der Waals surface area contributed by atoms with Crippen LogP contribution in [0.15, 0.2) is 70.2 Å². The molecule has 2 N–H and O–H groups in total. The Labute approximate surface area is 239 Å². The summed E-state index contributed by atoms with van der Waals surface area (Å²) in [4.78, 5) is 26.0. The predicted molar refractivity (Wildman–Crippen MR) is 152 cm³/mol. The van der Waals surface area contributed by atoms with Gasteiger partial charge in [0.2, 0.25) is 0 Å². The van der Waals surface area contributed by atoms with Crippen molar-refractivity contribution >= 4 is 57.2 Å². The lowest BCUT2D eigenvalue weighted by Crippen LogP contribution is -2.50. The fourth-order valence-corrected chi connectivity index (χ4v) is 4.37. The number of carbonyl (C=O) groups excluding carboxylic acids is 2. The van der Waals surface area contributed by atoms with Gasteiger partial charge < -0.3 is 19.5 Å². The third-order valence-electron chi connectivity index (χ3n) is 5.37. The minimum Gasteiger partial charge on any atom is -0.496 e. The van der Waals surface area contributed by atoms with Crippen LogP contribution in [0.3, 0.4) is 0 Å². The maximum Gasteiger partial charge on any atom is 0.262 e. The lowest BCUT2D eigenvalue weighted by Gasteiger charge is -2.21. The number of halogens is 3. The predicted octanol–water partition coefficient (Wildman–Crippen LogP) is 5.42. The Bertz CT molecular complexity index is 1310. The first-order valence-corrected chi connectivity index (χ1v) is 13.0. The van der Waals surface area contributed by atoms with E-state index in [1.165, 1.54) is 19.4 Å². The van der Waals surface area contributed by atoms with Gasteiger partial charge in [-0.1, -0.05) is 53.5 Å². The number of nitrogens with zero attached hydrogens (tertiary/aromatic N) is 1. The molecule has 0 radical (unpaired) electrons. The third kappa shape index (κ3) is 8.11. The second-order valence-corrected chi connectivity index (χ2v) is 9.75. The maximum atomic E-state index is 13.1. The number of hydrazone groups is 1. The van der Waals surface area contributed by atoms with Crippen LogP contribution in [0.1, 0.15) is 18.1 Å². The molecule has 8 nitrogen and oxygen atoms in total. The van der Waals surface area contributed by atoms with Gasteiger partial charge in [-0.2, -0.15) is 5.10 Å². The SMILES string of the molecule is COc1cc(OC)c(/C=N\NC(=O)[C@H](Cc2ccccc2)NC(=O)[C@H](C)Oc2ccc(Cl)cc2Cl)cc1Br. The molecule has 0 aliphatic heterocycles. The Kier molecular flexibility index (Phi) is 10.8. The molecule has 3 aromatic rings. The molecule has 3 aromatic carbocycles. The van der Waals surface area contributed by atoms with E-state index >= 15 is 0 Å². The van der Waals surface area contributed by atoms with E-state index in [0.717, 1.165) is 5.56 Å². The van der Waals surface area contributed by atoms with Gasteiger partial charge in [-0.15, -0.1) is 0 Å². The minimum absolute atomic E-state index is 0.236. The highest BCUT2D eigenvalue weighted by Gasteiger charge is 2.25. The van der Waals surface area contributed by atoms with Crippen molar-refractivity contribution in [2.45, 2.75) is 25.5 Å². The van der Waals surface area contributed by atoms with Gasteiger partial charge in [0.25, 0.3) is 11.8 Å². The van der Waals surface area contributed by atoms with Crippen molar-refractivity contribution in [3.8, 4) is 17.2 Å². The number of rotatable bonds is 11. The monoisotopic (exact) mass is 621 g/mol. The van der Waals surface area contributed by atoms with E-state index < -0.39 is 24.0 Å². The Hall–Kier alpha value is -3.27. The largest absolute Gasteiger partial charge is 0.496 e. The quantitative estimate of drug-likeness (QED) is 0.220. The molecule has 0 aliphatic rings. The zero-order chi connectivity index (χ0) is 27.7. The second-order valence-electron chi connectivity index (χ2n) is 8.05.